The number of hydrogen-bond acceptors (Lipinski definition) is 5. The van der Waals surface area contributed by atoms with Crippen molar-refractivity contribution in [2.75, 3.05) is 0 Å². The highest BCUT2D eigenvalue weighted by Gasteiger charge is 2.37. The minimum absolute atomic E-state index is 0.137. The lowest BCUT2D eigenvalue weighted by atomic mass is 9.95. The number of alkyl halides is 2. The molecule has 0 amide bonds. The number of rotatable bonds is 9. The Morgan fingerprint density at radius 2 is 1.75 bits per heavy atom. The van der Waals surface area contributed by atoms with Gasteiger partial charge in [-0.05, 0) is 41.2 Å². The van der Waals surface area contributed by atoms with Crippen molar-refractivity contribution in [2.24, 2.45) is 0 Å². The van der Waals surface area contributed by atoms with Crippen molar-refractivity contribution < 1.29 is 8.78 Å². The molecule has 188 valence electrons. The number of nitrogens with zero attached hydrogens (tertiary/aromatic N) is 6. The Kier molecular flexibility index (Phi) is 7.16. The number of halogens is 2. The second-order valence-electron chi connectivity index (χ2n) is 9.55. The van der Waals surface area contributed by atoms with Crippen LogP contribution in [0.15, 0.2) is 48.5 Å². The van der Waals surface area contributed by atoms with Gasteiger partial charge < -0.3 is 0 Å². The molecule has 2 heterocycles. The van der Waals surface area contributed by atoms with E-state index in [0.717, 1.165) is 47.9 Å². The first kappa shape index (κ1) is 24.2. The van der Waals surface area contributed by atoms with Crippen molar-refractivity contribution in [3.8, 4) is 22.5 Å². The van der Waals surface area contributed by atoms with E-state index in [4.69, 9.17) is 0 Å². The number of unbranched alkanes of at least 4 members (excludes halogenated alkanes) is 1. The summed E-state index contributed by atoms with van der Waals surface area (Å²) in [4.78, 5) is 4.41. The number of hydrogen-bond donors (Lipinski definition) is 1. The third-order valence-corrected chi connectivity index (χ3v) is 6.93. The van der Waals surface area contributed by atoms with Gasteiger partial charge in [0.1, 0.15) is 5.82 Å². The molecule has 5 rings (SSSR count). The molecule has 1 aliphatic carbocycles. The third-order valence-electron chi connectivity index (χ3n) is 6.93. The first-order valence-corrected chi connectivity index (χ1v) is 12.8. The number of nitrogens with one attached hydrogen (secondary N) is 1. The largest absolute Gasteiger partial charge is 0.308 e. The van der Waals surface area contributed by atoms with Gasteiger partial charge in [-0.1, -0.05) is 81.1 Å². The molecule has 0 bridgehead atoms. The van der Waals surface area contributed by atoms with Crippen LogP contribution in [0.4, 0.5) is 8.78 Å². The average molecular weight is 492 g/mol. The standard InChI is InChI=1S/C27H31F2N7/c1-2-3-17-27(28,29)26-30-24(36(33-26)21-9-5-4-6-10-21)18-19-13-15-20(16-14-19)22-11-7-8-12-23(22)25-31-34-35-32-25/h7-8,11-16,21H,2-6,9-10,17-18H2,1H3,(H,31,32,34,35). The minimum atomic E-state index is -3.01. The summed E-state index contributed by atoms with van der Waals surface area (Å²) in [5.74, 6) is -2.19. The summed E-state index contributed by atoms with van der Waals surface area (Å²) in [6.07, 6.45) is 6.71. The van der Waals surface area contributed by atoms with E-state index in [0.29, 0.717) is 30.9 Å². The Hall–Kier alpha value is -3.49. The molecular weight excluding hydrogens is 460 g/mol. The fourth-order valence-electron chi connectivity index (χ4n) is 4.95. The van der Waals surface area contributed by atoms with Gasteiger partial charge in [-0.15, -0.1) is 15.3 Å². The van der Waals surface area contributed by atoms with Gasteiger partial charge in [0.25, 0.3) is 0 Å². The normalized spacial score (nSPS) is 14.9. The first-order valence-electron chi connectivity index (χ1n) is 12.8. The van der Waals surface area contributed by atoms with Crippen molar-refractivity contribution in [2.45, 2.75) is 76.7 Å². The van der Waals surface area contributed by atoms with Crippen LogP contribution in [0, 0.1) is 0 Å². The van der Waals surface area contributed by atoms with Crippen LogP contribution in [0.3, 0.4) is 0 Å². The molecule has 36 heavy (non-hydrogen) atoms. The van der Waals surface area contributed by atoms with Crippen molar-refractivity contribution in [1.82, 2.24) is 35.4 Å². The topological polar surface area (TPSA) is 85.2 Å². The fraction of sp³-hybridized carbons (Fsp3) is 0.444. The average Bonchev–Trinajstić information content (AvgIpc) is 3.60. The van der Waals surface area contributed by atoms with E-state index in [1.807, 2.05) is 55.5 Å². The summed E-state index contributed by atoms with van der Waals surface area (Å²) in [5.41, 5.74) is 3.90. The van der Waals surface area contributed by atoms with Crippen molar-refractivity contribution in [3.63, 3.8) is 0 Å². The van der Waals surface area contributed by atoms with Crippen LogP contribution >= 0.6 is 0 Å². The van der Waals surface area contributed by atoms with Crippen molar-refractivity contribution in [3.05, 3.63) is 65.7 Å². The summed E-state index contributed by atoms with van der Waals surface area (Å²) < 4.78 is 31.6. The minimum Gasteiger partial charge on any atom is -0.246 e. The van der Waals surface area contributed by atoms with Gasteiger partial charge in [-0.25, -0.2) is 9.67 Å². The lowest BCUT2D eigenvalue weighted by Crippen LogP contribution is -2.19. The molecule has 1 N–H and O–H groups in total. The molecule has 1 aliphatic rings. The van der Waals surface area contributed by atoms with Crippen LogP contribution in [-0.4, -0.2) is 35.4 Å². The molecule has 2 aromatic carbocycles. The zero-order valence-corrected chi connectivity index (χ0v) is 20.5. The van der Waals surface area contributed by atoms with Gasteiger partial charge >= 0.3 is 5.92 Å². The maximum Gasteiger partial charge on any atom is 0.308 e. The smallest absolute Gasteiger partial charge is 0.246 e. The van der Waals surface area contributed by atoms with Crippen molar-refractivity contribution >= 4 is 0 Å². The van der Waals surface area contributed by atoms with Crippen LogP contribution in [0.25, 0.3) is 22.5 Å². The lowest BCUT2D eigenvalue weighted by Gasteiger charge is -2.23. The number of H-pyrrole nitrogens is 1. The number of aromatic amines is 1. The molecule has 0 radical (unpaired) electrons. The third kappa shape index (κ3) is 5.20. The maximum absolute atomic E-state index is 14.9. The van der Waals surface area contributed by atoms with Gasteiger partial charge in [0, 0.05) is 18.4 Å². The van der Waals surface area contributed by atoms with Gasteiger partial charge in [-0.3, -0.25) is 0 Å². The molecule has 1 saturated carbocycles. The predicted molar refractivity (Wildman–Crippen MR) is 133 cm³/mol. The Balaban J connectivity index is 1.42. The Bertz CT molecular complexity index is 1260. The second kappa shape index (κ2) is 10.6. The van der Waals surface area contributed by atoms with E-state index < -0.39 is 5.92 Å². The van der Waals surface area contributed by atoms with E-state index >= 15 is 0 Å². The van der Waals surface area contributed by atoms with Crippen LogP contribution in [0.1, 0.15) is 81.5 Å². The van der Waals surface area contributed by atoms with Crippen LogP contribution in [0.2, 0.25) is 0 Å². The predicted octanol–water partition coefficient (Wildman–Crippen LogP) is 6.50. The monoisotopic (exact) mass is 491 g/mol. The molecule has 1 fully saturated rings. The maximum atomic E-state index is 14.9. The summed E-state index contributed by atoms with van der Waals surface area (Å²) in [7, 11) is 0. The summed E-state index contributed by atoms with van der Waals surface area (Å²) in [5, 5.41) is 18.8. The highest BCUT2D eigenvalue weighted by Crippen LogP contribution is 2.35. The van der Waals surface area contributed by atoms with Gasteiger partial charge in [0.15, 0.2) is 0 Å². The second-order valence-corrected chi connectivity index (χ2v) is 9.55. The van der Waals surface area contributed by atoms with E-state index in [1.54, 1.807) is 4.68 Å². The summed E-state index contributed by atoms with van der Waals surface area (Å²) in [6.45, 7) is 1.92. The van der Waals surface area contributed by atoms with E-state index in [9.17, 15) is 8.78 Å². The molecular formula is C27H31F2N7. The Labute approximate surface area is 209 Å². The molecule has 0 unspecified atom stereocenters. The molecule has 0 spiro atoms. The summed E-state index contributed by atoms with van der Waals surface area (Å²) in [6, 6.07) is 16.1. The highest BCUT2D eigenvalue weighted by molar-refractivity contribution is 5.80. The van der Waals surface area contributed by atoms with Gasteiger partial charge in [0.2, 0.25) is 11.6 Å². The van der Waals surface area contributed by atoms with Crippen LogP contribution < -0.4 is 0 Å². The summed E-state index contributed by atoms with van der Waals surface area (Å²) >= 11 is 0. The molecule has 4 aromatic rings. The SMILES string of the molecule is CCCCC(F)(F)c1nc(Cc2ccc(-c3ccccc3-c3nn[nH]n3)cc2)n(C2CCCCC2)n1. The molecule has 0 aliphatic heterocycles. The molecule has 2 aromatic heterocycles. The Morgan fingerprint density at radius 3 is 2.44 bits per heavy atom. The van der Waals surface area contributed by atoms with Crippen LogP contribution in [0.5, 0.6) is 0 Å². The van der Waals surface area contributed by atoms with E-state index in [-0.39, 0.29) is 18.3 Å². The molecule has 0 saturated heterocycles. The molecule has 9 heteroatoms. The van der Waals surface area contributed by atoms with Crippen molar-refractivity contribution in [1.29, 1.82) is 0 Å². The van der Waals surface area contributed by atoms with E-state index in [2.05, 4.69) is 30.7 Å². The quantitative estimate of drug-likeness (QED) is 0.289. The zero-order chi connectivity index (χ0) is 25.0. The van der Waals surface area contributed by atoms with Gasteiger partial charge in [-0.2, -0.15) is 14.0 Å². The number of tetrazole rings is 1. The first-order chi connectivity index (χ1) is 17.5. The lowest BCUT2D eigenvalue weighted by molar-refractivity contribution is -0.0248. The highest BCUT2D eigenvalue weighted by atomic mass is 19.3. The fourth-order valence-corrected chi connectivity index (χ4v) is 4.95. The molecule has 0 atom stereocenters. The molecule has 7 nitrogen and oxygen atoms in total. The zero-order valence-electron chi connectivity index (χ0n) is 20.5. The number of aromatic nitrogens is 7. The van der Waals surface area contributed by atoms with Crippen LogP contribution in [-0.2, 0) is 12.3 Å². The number of benzene rings is 2. The Morgan fingerprint density at radius 1 is 1.00 bits per heavy atom. The van der Waals surface area contributed by atoms with E-state index in [1.165, 1.54) is 6.42 Å². The van der Waals surface area contributed by atoms with Gasteiger partial charge in [0.05, 0.1) is 6.04 Å².